The molecule has 8 heteroatoms. The van der Waals surface area contributed by atoms with Crippen LogP contribution in [0.5, 0.6) is 5.75 Å². The number of likely N-dealkylation sites (tertiary alicyclic amines) is 1. The molecule has 0 unspecified atom stereocenters. The number of esters is 1. The number of hydrogen-bond donors (Lipinski definition) is 0. The highest BCUT2D eigenvalue weighted by Gasteiger charge is 2.48. The fourth-order valence-corrected chi connectivity index (χ4v) is 4.65. The first-order valence-corrected chi connectivity index (χ1v) is 11.5. The highest BCUT2D eigenvalue weighted by atomic mass is 19.2. The molecule has 1 aliphatic heterocycles. The number of carbonyl (C=O) groups excluding carboxylic acids is 2. The van der Waals surface area contributed by atoms with Gasteiger partial charge in [0.1, 0.15) is 5.75 Å². The first kappa shape index (κ1) is 25.6. The van der Waals surface area contributed by atoms with Crippen molar-refractivity contribution in [3.8, 4) is 5.75 Å². The van der Waals surface area contributed by atoms with Gasteiger partial charge in [0.05, 0.1) is 26.2 Å². The van der Waals surface area contributed by atoms with Crippen LogP contribution >= 0.6 is 0 Å². The van der Waals surface area contributed by atoms with E-state index in [1.54, 1.807) is 38.1 Å². The third kappa shape index (κ3) is 5.55. The number of halogens is 2. The molecule has 0 aliphatic carbocycles. The van der Waals surface area contributed by atoms with Gasteiger partial charge in [0.15, 0.2) is 11.6 Å². The first-order chi connectivity index (χ1) is 16.3. The van der Waals surface area contributed by atoms with Gasteiger partial charge in [0, 0.05) is 32.1 Å². The third-order valence-corrected chi connectivity index (χ3v) is 6.31. The summed E-state index contributed by atoms with van der Waals surface area (Å²) in [4.78, 5) is 29.8. The number of hydrogen-bond acceptors (Lipinski definition) is 5. The minimum Gasteiger partial charge on any atom is -0.497 e. The number of ether oxygens (including phenoxy) is 2. The molecule has 0 bridgehead atoms. The number of methoxy groups -OCH3 is 1. The Hall–Kier alpha value is -3.00. The van der Waals surface area contributed by atoms with Gasteiger partial charge in [-0.3, -0.25) is 14.5 Å². The Kier molecular flexibility index (Phi) is 8.61. The molecule has 0 spiro atoms. The van der Waals surface area contributed by atoms with Crippen LogP contribution in [0.25, 0.3) is 0 Å². The first-order valence-electron chi connectivity index (χ1n) is 11.5. The zero-order valence-electron chi connectivity index (χ0n) is 20.1. The Morgan fingerprint density at radius 1 is 1.06 bits per heavy atom. The smallest absolute Gasteiger partial charge is 0.311 e. The van der Waals surface area contributed by atoms with Crippen LogP contribution in [0.1, 0.15) is 43.4 Å². The summed E-state index contributed by atoms with van der Waals surface area (Å²) >= 11 is 0. The summed E-state index contributed by atoms with van der Waals surface area (Å²) in [6.45, 7) is 4.93. The highest BCUT2D eigenvalue weighted by Crippen LogP contribution is 2.46. The average molecular weight is 475 g/mol. The predicted molar refractivity (Wildman–Crippen MR) is 124 cm³/mol. The molecular weight excluding hydrogens is 442 g/mol. The van der Waals surface area contributed by atoms with Gasteiger partial charge in [0.2, 0.25) is 5.91 Å². The predicted octanol–water partition coefficient (Wildman–Crippen LogP) is 4.16. The van der Waals surface area contributed by atoms with Crippen molar-refractivity contribution < 1.29 is 27.8 Å². The van der Waals surface area contributed by atoms with Crippen LogP contribution in [-0.4, -0.2) is 62.1 Å². The van der Waals surface area contributed by atoms with Crippen molar-refractivity contribution in [3.63, 3.8) is 0 Å². The lowest BCUT2D eigenvalue weighted by molar-refractivity contribution is -0.149. The zero-order chi connectivity index (χ0) is 24.8. The van der Waals surface area contributed by atoms with Crippen molar-refractivity contribution in [1.29, 1.82) is 0 Å². The van der Waals surface area contributed by atoms with E-state index in [0.717, 1.165) is 24.1 Å². The quantitative estimate of drug-likeness (QED) is 0.511. The minimum atomic E-state index is -0.974. The van der Waals surface area contributed by atoms with Crippen molar-refractivity contribution in [3.05, 3.63) is 65.2 Å². The van der Waals surface area contributed by atoms with Crippen LogP contribution in [-0.2, 0) is 14.3 Å². The summed E-state index contributed by atoms with van der Waals surface area (Å²) in [6.07, 6.45) is 0.826. The normalized spacial score (nSPS) is 20.2. The molecule has 0 saturated carbocycles. The monoisotopic (exact) mass is 474 g/mol. The summed E-state index contributed by atoms with van der Waals surface area (Å²) in [5, 5.41) is 0. The minimum absolute atomic E-state index is 0.0751. The molecule has 2 aromatic rings. The Bertz CT molecular complexity index is 999. The van der Waals surface area contributed by atoms with Gasteiger partial charge in [-0.1, -0.05) is 25.1 Å². The number of nitrogens with zero attached hydrogens (tertiary/aromatic N) is 2. The lowest BCUT2D eigenvalue weighted by atomic mass is 9.82. The highest BCUT2D eigenvalue weighted by molar-refractivity contribution is 5.79. The van der Waals surface area contributed by atoms with E-state index >= 15 is 0 Å². The van der Waals surface area contributed by atoms with Crippen LogP contribution in [0.3, 0.4) is 0 Å². The van der Waals surface area contributed by atoms with Crippen molar-refractivity contribution in [2.45, 2.75) is 32.2 Å². The molecule has 34 heavy (non-hydrogen) atoms. The zero-order valence-corrected chi connectivity index (χ0v) is 20.1. The van der Waals surface area contributed by atoms with Crippen LogP contribution in [0.4, 0.5) is 8.78 Å². The molecule has 1 saturated heterocycles. The van der Waals surface area contributed by atoms with E-state index in [2.05, 4.69) is 0 Å². The van der Waals surface area contributed by atoms with Crippen LogP contribution in [0.15, 0.2) is 42.5 Å². The lowest BCUT2D eigenvalue weighted by Crippen LogP contribution is -2.39. The molecule has 0 N–H and O–H groups in total. The number of likely N-dealkylation sites (N-methyl/N-ethyl adjacent to an activating group) is 1. The van der Waals surface area contributed by atoms with Gasteiger partial charge < -0.3 is 14.4 Å². The second kappa shape index (κ2) is 11.4. The summed E-state index contributed by atoms with van der Waals surface area (Å²) < 4.78 is 38.5. The summed E-state index contributed by atoms with van der Waals surface area (Å²) in [5.74, 6) is -2.96. The Morgan fingerprint density at radius 3 is 2.32 bits per heavy atom. The number of carbonyl (C=O) groups is 2. The molecule has 3 atom stereocenters. The van der Waals surface area contributed by atoms with Crippen LogP contribution in [0, 0.1) is 17.6 Å². The maximum absolute atomic E-state index is 14.1. The second-order valence-electron chi connectivity index (χ2n) is 8.52. The number of amides is 1. The standard InChI is InChI=1S/C26H32F2N2O4/c1-5-13-29(3)23(31)16-30-15-20(18-9-12-21(27)22(28)14-18)24(26(32)34-6-2)25(30)17-7-10-19(33-4)11-8-17/h7-12,14,20,24-25H,5-6,13,15-16H2,1-4H3/t20-,24-,25+/m1/s1. The van der Waals surface area contributed by atoms with Gasteiger partial charge in [0.25, 0.3) is 0 Å². The molecule has 1 amide bonds. The molecule has 1 fully saturated rings. The molecule has 3 rings (SSSR count). The molecule has 0 radical (unpaired) electrons. The Labute approximate surface area is 199 Å². The molecule has 1 heterocycles. The van der Waals surface area contributed by atoms with E-state index in [1.807, 2.05) is 24.0 Å². The molecular formula is C26H32F2N2O4. The largest absolute Gasteiger partial charge is 0.497 e. The van der Waals surface area contributed by atoms with Gasteiger partial charge in [-0.15, -0.1) is 0 Å². The van der Waals surface area contributed by atoms with Crippen molar-refractivity contribution in [2.75, 3.05) is 40.4 Å². The Balaban J connectivity index is 2.06. The summed E-state index contributed by atoms with van der Waals surface area (Å²) in [5.41, 5.74) is 1.31. The van der Waals surface area contributed by atoms with Gasteiger partial charge in [-0.25, -0.2) is 8.78 Å². The van der Waals surface area contributed by atoms with E-state index in [4.69, 9.17) is 9.47 Å². The molecule has 0 aromatic heterocycles. The molecule has 1 aliphatic rings. The topological polar surface area (TPSA) is 59.1 Å². The maximum atomic E-state index is 14.1. The third-order valence-electron chi connectivity index (χ3n) is 6.31. The van der Waals surface area contributed by atoms with E-state index < -0.39 is 35.5 Å². The van der Waals surface area contributed by atoms with Crippen molar-refractivity contribution in [1.82, 2.24) is 9.80 Å². The summed E-state index contributed by atoms with van der Waals surface area (Å²) in [7, 11) is 3.32. The second-order valence-corrected chi connectivity index (χ2v) is 8.52. The van der Waals surface area contributed by atoms with E-state index in [0.29, 0.717) is 24.4 Å². The number of benzene rings is 2. The SMILES string of the molecule is CCCN(C)C(=O)CN1C[C@H](c2ccc(F)c(F)c2)[C@@H](C(=O)OCC)[C@@H]1c1ccc(OC)cc1. The number of rotatable bonds is 9. The fourth-order valence-electron chi connectivity index (χ4n) is 4.65. The van der Waals surface area contributed by atoms with Crippen LogP contribution in [0.2, 0.25) is 0 Å². The maximum Gasteiger partial charge on any atom is 0.311 e. The van der Waals surface area contributed by atoms with E-state index in [1.165, 1.54) is 6.07 Å². The van der Waals surface area contributed by atoms with Crippen LogP contribution < -0.4 is 4.74 Å². The van der Waals surface area contributed by atoms with E-state index in [-0.39, 0.29) is 19.1 Å². The molecule has 2 aromatic carbocycles. The fraction of sp³-hybridized carbons (Fsp3) is 0.462. The molecule has 6 nitrogen and oxygen atoms in total. The average Bonchev–Trinajstić information content (AvgIpc) is 3.20. The van der Waals surface area contributed by atoms with Gasteiger partial charge >= 0.3 is 5.97 Å². The molecule has 184 valence electrons. The van der Waals surface area contributed by atoms with Gasteiger partial charge in [-0.05, 0) is 48.7 Å². The summed E-state index contributed by atoms with van der Waals surface area (Å²) in [6, 6.07) is 10.5. The lowest BCUT2D eigenvalue weighted by Gasteiger charge is -2.29. The van der Waals surface area contributed by atoms with Gasteiger partial charge in [-0.2, -0.15) is 0 Å². The Morgan fingerprint density at radius 2 is 1.74 bits per heavy atom. The van der Waals surface area contributed by atoms with Crippen molar-refractivity contribution in [2.24, 2.45) is 5.92 Å². The van der Waals surface area contributed by atoms with E-state index in [9.17, 15) is 18.4 Å². The van der Waals surface area contributed by atoms with Crippen molar-refractivity contribution >= 4 is 11.9 Å².